The quantitative estimate of drug-likeness (QED) is 0.829. The number of benzene rings is 1. The summed E-state index contributed by atoms with van der Waals surface area (Å²) >= 11 is 6.49. The molecule has 0 spiro atoms. The first kappa shape index (κ1) is 16.6. The second-order valence-corrected chi connectivity index (χ2v) is 6.95. The minimum atomic E-state index is 0.229. The summed E-state index contributed by atoms with van der Waals surface area (Å²) in [4.78, 5) is 2.32. The van der Waals surface area contributed by atoms with Crippen LogP contribution in [0.15, 0.2) is 18.2 Å². The molecule has 1 unspecified atom stereocenters. The Morgan fingerprint density at radius 3 is 2.62 bits per heavy atom. The van der Waals surface area contributed by atoms with E-state index in [1.165, 1.54) is 37.7 Å². The molecular weight excluding hydrogens is 280 g/mol. The molecule has 0 amide bonds. The molecule has 2 nitrogen and oxygen atoms in total. The third kappa shape index (κ3) is 4.89. The number of hydrogen-bond acceptors (Lipinski definition) is 2. The molecule has 1 atom stereocenters. The van der Waals surface area contributed by atoms with Gasteiger partial charge in [0.2, 0.25) is 0 Å². The molecule has 0 bridgehead atoms. The Bertz CT molecular complexity index is 441. The number of halogens is 1. The van der Waals surface area contributed by atoms with Crippen LogP contribution >= 0.6 is 11.6 Å². The van der Waals surface area contributed by atoms with Crippen LogP contribution in [-0.2, 0) is 6.42 Å². The Balaban J connectivity index is 1.98. The second kappa shape index (κ2) is 8.05. The summed E-state index contributed by atoms with van der Waals surface area (Å²) in [5.41, 5.74) is 8.41. The van der Waals surface area contributed by atoms with E-state index in [9.17, 15) is 0 Å². The van der Waals surface area contributed by atoms with Gasteiger partial charge in [-0.3, -0.25) is 0 Å². The van der Waals surface area contributed by atoms with Crippen molar-refractivity contribution in [3.8, 4) is 0 Å². The normalized spacial score (nSPS) is 17.7. The van der Waals surface area contributed by atoms with Crippen LogP contribution in [0.4, 0.5) is 5.69 Å². The molecule has 1 fully saturated rings. The maximum Gasteiger partial charge on any atom is 0.0642 e. The number of nitrogens with zero attached hydrogens (tertiary/aromatic N) is 1. The molecular formula is C18H29ClN2. The van der Waals surface area contributed by atoms with Gasteiger partial charge in [0.05, 0.1) is 10.7 Å². The fraction of sp³-hybridized carbons (Fsp3) is 0.667. The Kier molecular flexibility index (Phi) is 6.38. The minimum absolute atomic E-state index is 0.229. The fourth-order valence-electron chi connectivity index (χ4n) is 3.29. The number of rotatable bonds is 6. The van der Waals surface area contributed by atoms with Crippen molar-refractivity contribution in [2.45, 2.75) is 57.9 Å². The lowest BCUT2D eigenvalue weighted by Crippen LogP contribution is -2.27. The molecule has 3 heteroatoms. The molecule has 0 heterocycles. The standard InChI is InChI=1S/C18H29ClN2/c1-3-16(20)11-15-9-10-18(17(19)12-15)21(2)13-14-7-5-4-6-8-14/h9-10,12,14,16H,3-8,11,13,20H2,1-2H3. The highest BCUT2D eigenvalue weighted by molar-refractivity contribution is 6.33. The van der Waals surface area contributed by atoms with Crippen LogP contribution in [0.1, 0.15) is 51.0 Å². The summed E-state index contributed by atoms with van der Waals surface area (Å²) in [6.45, 7) is 3.24. The summed E-state index contributed by atoms with van der Waals surface area (Å²) in [6, 6.07) is 6.65. The summed E-state index contributed by atoms with van der Waals surface area (Å²) < 4.78 is 0. The lowest BCUT2D eigenvalue weighted by Gasteiger charge is -2.29. The van der Waals surface area contributed by atoms with E-state index in [-0.39, 0.29) is 6.04 Å². The molecule has 1 aromatic carbocycles. The van der Waals surface area contributed by atoms with Crippen LogP contribution in [0.25, 0.3) is 0 Å². The van der Waals surface area contributed by atoms with Crippen LogP contribution in [0.2, 0.25) is 5.02 Å². The third-order valence-corrected chi connectivity index (χ3v) is 5.01. The van der Waals surface area contributed by atoms with E-state index in [2.05, 4.69) is 37.1 Å². The zero-order chi connectivity index (χ0) is 15.2. The minimum Gasteiger partial charge on any atom is -0.373 e. The van der Waals surface area contributed by atoms with Gasteiger partial charge in [-0.1, -0.05) is 43.9 Å². The lowest BCUT2D eigenvalue weighted by atomic mass is 9.89. The predicted octanol–water partition coefficient (Wildman–Crippen LogP) is 4.64. The highest BCUT2D eigenvalue weighted by Crippen LogP contribution is 2.30. The fourth-order valence-corrected chi connectivity index (χ4v) is 3.64. The van der Waals surface area contributed by atoms with E-state index in [1.54, 1.807) is 0 Å². The largest absolute Gasteiger partial charge is 0.373 e. The molecule has 0 aliphatic heterocycles. The van der Waals surface area contributed by atoms with Crippen molar-refractivity contribution in [2.24, 2.45) is 11.7 Å². The van der Waals surface area contributed by atoms with Gasteiger partial charge in [-0.25, -0.2) is 0 Å². The van der Waals surface area contributed by atoms with Gasteiger partial charge in [-0.15, -0.1) is 0 Å². The Hall–Kier alpha value is -0.730. The number of anilines is 1. The van der Waals surface area contributed by atoms with E-state index >= 15 is 0 Å². The van der Waals surface area contributed by atoms with Crippen molar-refractivity contribution >= 4 is 17.3 Å². The number of hydrogen-bond donors (Lipinski definition) is 1. The highest BCUT2D eigenvalue weighted by Gasteiger charge is 2.17. The summed E-state index contributed by atoms with van der Waals surface area (Å²) in [5.74, 6) is 0.827. The van der Waals surface area contributed by atoms with Crippen molar-refractivity contribution in [1.82, 2.24) is 0 Å². The first-order valence-corrected chi connectivity index (χ1v) is 8.73. The molecule has 0 aromatic heterocycles. The number of nitrogens with two attached hydrogens (primary N) is 1. The molecule has 2 rings (SSSR count). The zero-order valence-electron chi connectivity index (χ0n) is 13.4. The summed E-state index contributed by atoms with van der Waals surface area (Å²) in [5, 5.41) is 0.856. The maximum absolute atomic E-state index is 6.49. The molecule has 1 saturated carbocycles. The molecule has 0 radical (unpaired) electrons. The first-order chi connectivity index (χ1) is 10.1. The van der Waals surface area contributed by atoms with E-state index < -0.39 is 0 Å². The maximum atomic E-state index is 6.49. The third-order valence-electron chi connectivity index (χ3n) is 4.70. The van der Waals surface area contributed by atoms with Crippen molar-refractivity contribution in [2.75, 3.05) is 18.5 Å². The average Bonchev–Trinajstić information content (AvgIpc) is 2.48. The SMILES string of the molecule is CCC(N)Cc1ccc(N(C)CC2CCCCC2)c(Cl)c1. The van der Waals surface area contributed by atoms with Crippen molar-refractivity contribution in [3.63, 3.8) is 0 Å². The highest BCUT2D eigenvalue weighted by atomic mass is 35.5. The monoisotopic (exact) mass is 308 g/mol. The van der Waals surface area contributed by atoms with Crippen molar-refractivity contribution < 1.29 is 0 Å². The van der Waals surface area contributed by atoms with Crippen LogP contribution in [0.5, 0.6) is 0 Å². The van der Waals surface area contributed by atoms with E-state index in [0.717, 1.165) is 36.0 Å². The molecule has 1 aliphatic rings. The van der Waals surface area contributed by atoms with Crippen LogP contribution in [0, 0.1) is 5.92 Å². The Labute approximate surface area is 134 Å². The topological polar surface area (TPSA) is 29.3 Å². The Morgan fingerprint density at radius 1 is 1.29 bits per heavy atom. The first-order valence-electron chi connectivity index (χ1n) is 8.35. The van der Waals surface area contributed by atoms with Crippen LogP contribution in [0.3, 0.4) is 0 Å². The van der Waals surface area contributed by atoms with Crippen molar-refractivity contribution in [1.29, 1.82) is 0 Å². The van der Waals surface area contributed by atoms with Gasteiger partial charge in [-0.05, 0) is 49.3 Å². The van der Waals surface area contributed by atoms with Gasteiger partial charge < -0.3 is 10.6 Å². The lowest BCUT2D eigenvalue weighted by molar-refractivity contribution is 0.362. The predicted molar refractivity (Wildman–Crippen MR) is 93.3 cm³/mol. The van der Waals surface area contributed by atoms with E-state index in [0.29, 0.717) is 0 Å². The Morgan fingerprint density at radius 2 is 2.00 bits per heavy atom. The molecule has 0 saturated heterocycles. The van der Waals surface area contributed by atoms with Gasteiger partial charge in [-0.2, -0.15) is 0 Å². The van der Waals surface area contributed by atoms with Crippen molar-refractivity contribution in [3.05, 3.63) is 28.8 Å². The van der Waals surface area contributed by atoms with Gasteiger partial charge in [0, 0.05) is 19.6 Å². The van der Waals surface area contributed by atoms with E-state index in [4.69, 9.17) is 17.3 Å². The van der Waals surface area contributed by atoms with Gasteiger partial charge in [0.1, 0.15) is 0 Å². The van der Waals surface area contributed by atoms with Crippen LogP contribution < -0.4 is 10.6 Å². The molecule has 2 N–H and O–H groups in total. The molecule has 118 valence electrons. The van der Waals surface area contributed by atoms with Gasteiger partial charge >= 0.3 is 0 Å². The zero-order valence-corrected chi connectivity index (χ0v) is 14.2. The van der Waals surface area contributed by atoms with E-state index in [1.807, 2.05) is 0 Å². The second-order valence-electron chi connectivity index (χ2n) is 6.54. The van der Waals surface area contributed by atoms with Gasteiger partial charge in [0.25, 0.3) is 0 Å². The summed E-state index contributed by atoms with van der Waals surface area (Å²) in [7, 11) is 2.16. The van der Waals surface area contributed by atoms with Gasteiger partial charge in [0.15, 0.2) is 0 Å². The molecule has 21 heavy (non-hydrogen) atoms. The molecule has 1 aliphatic carbocycles. The molecule has 1 aromatic rings. The summed E-state index contributed by atoms with van der Waals surface area (Å²) in [6.07, 6.45) is 8.83. The average molecular weight is 309 g/mol. The smallest absolute Gasteiger partial charge is 0.0642 e. The van der Waals surface area contributed by atoms with Crippen LogP contribution in [-0.4, -0.2) is 19.6 Å².